The fourth-order valence-electron chi connectivity index (χ4n) is 3.94. The summed E-state index contributed by atoms with van der Waals surface area (Å²) in [5.74, 6) is -0.181. The first-order chi connectivity index (χ1) is 15.0. The maximum absolute atomic E-state index is 14.0. The SMILES string of the molecule is O=C(Cc1ccc(Cl)cc1)C[C@@H]1CCCN(c2ccc(-c3ccccc3F)cn2)C1=O. The van der Waals surface area contributed by atoms with Gasteiger partial charge >= 0.3 is 0 Å². The van der Waals surface area contributed by atoms with Gasteiger partial charge in [0.2, 0.25) is 5.91 Å². The van der Waals surface area contributed by atoms with Crippen LogP contribution in [0.2, 0.25) is 5.02 Å². The molecule has 6 heteroatoms. The van der Waals surface area contributed by atoms with Gasteiger partial charge in [0.15, 0.2) is 0 Å². The number of amides is 1. The maximum atomic E-state index is 14.0. The largest absolute Gasteiger partial charge is 0.299 e. The number of Topliss-reactive ketones (excluding diaryl/α,β-unsaturated/α-hetero) is 1. The molecule has 1 aliphatic heterocycles. The lowest BCUT2D eigenvalue weighted by Gasteiger charge is -2.31. The number of piperidine rings is 1. The van der Waals surface area contributed by atoms with Gasteiger partial charge in [-0.1, -0.05) is 41.9 Å². The van der Waals surface area contributed by atoms with E-state index in [1.165, 1.54) is 6.07 Å². The van der Waals surface area contributed by atoms with Crippen LogP contribution in [0.5, 0.6) is 0 Å². The summed E-state index contributed by atoms with van der Waals surface area (Å²) in [7, 11) is 0. The third-order valence-corrected chi connectivity index (χ3v) is 5.80. The summed E-state index contributed by atoms with van der Waals surface area (Å²) in [6.45, 7) is 0.562. The molecule has 31 heavy (non-hydrogen) atoms. The van der Waals surface area contributed by atoms with Crippen molar-refractivity contribution in [3.63, 3.8) is 0 Å². The van der Waals surface area contributed by atoms with Crippen LogP contribution >= 0.6 is 11.6 Å². The molecule has 4 nitrogen and oxygen atoms in total. The minimum atomic E-state index is -0.346. The number of rotatable bonds is 6. The summed E-state index contributed by atoms with van der Waals surface area (Å²) in [5, 5.41) is 0.628. The number of carbonyl (C=O) groups excluding carboxylic acids is 2. The first-order valence-electron chi connectivity index (χ1n) is 10.3. The zero-order chi connectivity index (χ0) is 21.8. The molecular formula is C25H22ClFN2O2. The van der Waals surface area contributed by atoms with E-state index in [4.69, 9.17) is 11.6 Å². The van der Waals surface area contributed by atoms with Crippen LogP contribution in [0.3, 0.4) is 0 Å². The van der Waals surface area contributed by atoms with E-state index in [2.05, 4.69) is 4.98 Å². The third kappa shape index (κ3) is 5.00. The van der Waals surface area contributed by atoms with Crippen molar-refractivity contribution in [2.75, 3.05) is 11.4 Å². The van der Waals surface area contributed by atoms with Crippen molar-refractivity contribution >= 4 is 29.1 Å². The number of carbonyl (C=O) groups is 2. The number of ketones is 1. The van der Waals surface area contributed by atoms with Gasteiger partial charge in [-0.05, 0) is 48.7 Å². The van der Waals surface area contributed by atoms with Gasteiger partial charge in [0.25, 0.3) is 0 Å². The van der Waals surface area contributed by atoms with Crippen LogP contribution in [0.25, 0.3) is 11.1 Å². The van der Waals surface area contributed by atoms with E-state index in [9.17, 15) is 14.0 Å². The van der Waals surface area contributed by atoms with Gasteiger partial charge in [0, 0.05) is 47.7 Å². The van der Waals surface area contributed by atoms with Crippen molar-refractivity contribution in [3.05, 3.63) is 83.3 Å². The molecule has 1 fully saturated rings. The molecule has 1 saturated heterocycles. The second-order valence-electron chi connectivity index (χ2n) is 7.76. The molecule has 2 aromatic carbocycles. The summed E-state index contributed by atoms with van der Waals surface area (Å²) in [4.78, 5) is 31.6. The average Bonchev–Trinajstić information content (AvgIpc) is 2.77. The fourth-order valence-corrected chi connectivity index (χ4v) is 4.07. The Bertz CT molecular complexity index is 1080. The number of nitrogens with zero attached hydrogens (tertiary/aromatic N) is 2. The highest BCUT2D eigenvalue weighted by Crippen LogP contribution is 2.28. The normalized spacial score (nSPS) is 16.4. The summed E-state index contributed by atoms with van der Waals surface area (Å²) in [5.41, 5.74) is 2.01. The topological polar surface area (TPSA) is 50.3 Å². The van der Waals surface area contributed by atoms with Gasteiger partial charge in [-0.25, -0.2) is 9.37 Å². The Morgan fingerprint density at radius 3 is 2.58 bits per heavy atom. The van der Waals surface area contributed by atoms with E-state index in [0.29, 0.717) is 34.9 Å². The highest BCUT2D eigenvalue weighted by atomic mass is 35.5. The average molecular weight is 437 g/mol. The van der Waals surface area contributed by atoms with Crippen LogP contribution in [0, 0.1) is 11.7 Å². The molecular weight excluding hydrogens is 415 g/mol. The van der Waals surface area contributed by atoms with Crippen molar-refractivity contribution < 1.29 is 14.0 Å². The van der Waals surface area contributed by atoms with Crippen molar-refractivity contribution in [2.24, 2.45) is 5.92 Å². The van der Waals surface area contributed by atoms with Crippen LogP contribution in [0.4, 0.5) is 10.2 Å². The summed E-state index contributed by atoms with van der Waals surface area (Å²) in [6.07, 6.45) is 3.58. The molecule has 0 aliphatic carbocycles. The number of aromatic nitrogens is 1. The molecule has 0 saturated carbocycles. The molecule has 4 rings (SSSR count). The first-order valence-corrected chi connectivity index (χ1v) is 10.7. The van der Waals surface area contributed by atoms with Crippen LogP contribution in [-0.4, -0.2) is 23.2 Å². The highest BCUT2D eigenvalue weighted by Gasteiger charge is 2.31. The Labute approximate surface area is 185 Å². The van der Waals surface area contributed by atoms with Crippen molar-refractivity contribution in [1.29, 1.82) is 0 Å². The lowest BCUT2D eigenvalue weighted by molar-refractivity contribution is -0.128. The monoisotopic (exact) mass is 436 g/mol. The number of halogens is 2. The van der Waals surface area contributed by atoms with Gasteiger partial charge in [-0.3, -0.25) is 14.5 Å². The van der Waals surface area contributed by atoms with Gasteiger partial charge in [0.05, 0.1) is 0 Å². The van der Waals surface area contributed by atoms with Crippen LogP contribution in [0.1, 0.15) is 24.8 Å². The first kappa shape index (κ1) is 21.2. The Balaban J connectivity index is 1.43. The van der Waals surface area contributed by atoms with Crippen LogP contribution in [0.15, 0.2) is 66.9 Å². The Kier molecular flexibility index (Phi) is 6.42. The molecule has 0 unspecified atom stereocenters. The molecule has 2 heterocycles. The molecule has 1 amide bonds. The molecule has 158 valence electrons. The molecule has 1 atom stereocenters. The Morgan fingerprint density at radius 1 is 1.10 bits per heavy atom. The third-order valence-electron chi connectivity index (χ3n) is 5.55. The summed E-state index contributed by atoms with van der Waals surface area (Å²) in [6, 6.07) is 17.2. The van der Waals surface area contributed by atoms with Gasteiger partial charge in [-0.15, -0.1) is 0 Å². The quantitative estimate of drug-likeness (QED) is 0.513. The molecule has 0 radical (unpaired) electrons. The molecule has 0 N–H and O–H groups in total. The molecule has 0 bridgehead atoms. The zero-order valence-electron chi connectivity index (χ0n) is 16.9. The lowest BCUT2D eigenvalue weighted by Crippen LogP contribution is -2.42. The minimum absolute atomic E-state index is 0.0328. The van der Waals surface area contributed by atoms with Crippen molar-refractivity contribution in [3.8, 4) is 11.1 Å². The van der Waals surface area contributed by atoms with Crippen molar-refractivity contribution in [1.82, 2.24) is 4.98 Å². The van der Waals surface area contributed by atoms with Crippen LogP contribution < -0.4 is 4.90 Å². The zero-order valence-corrected chi connectivity index (χ0v) is 17.7. The van der Waals surface area contributed by atoms with Gasteiger partial charge < -0.3 is 0 Å². The molecule has 1 aliphatic rings. The van der Waals surface area contributed by atoms with E-state index < -0.39 is 0 Å². The minimum Gasteiger partial charge on any atom is -0.299 e. The van der Waals surface area contributed by atoms with E-state index in [0.717, 1.165) is 12.0 Å². The smallest absolute Gasteiger partial charge is 0.231 e. The van der Waals surface area contributed by atoms with E-state index in [1.807, 2.05) is 12.1 Å². The van der Waals surface area contributed by atoms with Crippen LogP contribution in [-0.2, 0) is 16.0 Å². The molecule has 1 aromatic heterocycles. The predicted octanol–water partition coefficient (Wildman–Crippen LogP) is 5.49. The lowest BCUT2D eigenvalue weighted by atomic mass is 9.90. The van der Waals surface area contributed by atoms with Crippen molar-refractivity contribution in [2.45, 2.75) is 25.7 Å². The number of pyridine rings is 1. The van der Waals surface area contributed by atoms with Gasteiger partial charge in [0.1, 0.15) is 17.4 Å². The Hall–Kier alpha value is -3.05. The number of anilines is 1. The maximum Gasteiger partial charge on any atom is 0.231 e. The van der Waals surface area contributed by atoms with E-state index in [-0.39, 0.29) is 36.3 Å². The Morgan fingerprint density at radius 2 is 1.87 bits per heavy atom. The van der Waals surface area contributed by atoms with E-state index >= 15 is 0 Å². The van der Waals surface area contributed by atoms with E-state index in [1.54, 1.807) is 53.6 Å². The highest BCUT2D eigenvalue weighted by molar-refractivity contribution is 6.30. The van der Waals surface area contributed by atoms with Gasteiger partial charge in [-0.2, -0.15) is 0 Å². The second kappa shape index (κ2) is 9.40. The second-order valence-corrected chi connectivity index (χ2v) is 8.20. The fraction of sp³-hybridized carbons (Fsp3) is 0.240. The molecule has 3 aromatic rings. The standard InChI is InChI=1S/C25H22ClFN2O2/c26-20-10-7-17(8-11-20)14-21(30)15-18-4-3-13-29(25(18)31)24-12-9-19(16-28-24)22-5-1-2-6-23(22)27/h1-2,5-12,16,18H,3-4,13-15H2/t18-/m0/s1. The predicted molar refractivity (Wildman–Crippen MR) is 119 cm³/mol. The summed E-state index contributed by atoms with van der Waals surface area (Å²) >= 11 is 5.89. The molecule has 0 spiro atoms. The number of hydrogen-bond acceptors (Lipinski definition) is 3. The summed E-state index contributed by atoms with van der Waals surface area (Å²) < 4.78 is 14.0. The number of hydrogen-bond donors (Lipinski definition) is 0. The number of benzene rings is 2.